The Hall–Kier alpha value is -3.35. The van der Waals surface area contributed by atoms with Crippen LogP contribution in [0.25, 0.3) is 0 Å². The monoisotopic (exact) mass is 381 g/mol. The topological polar surface area (TPSA) is 87.7 Å². The molecule has 2 N–H and O–H groups in total. The molecule has 7 nitrogen and oxygen atoms in total. The number of nitrogens with zero attached hydrogens (tertiary/aromatic N) is 1. The Morgan fingerprint density at radius 2 is 1.79 bits per heavy atom. The minimum absolute atomic E-state index is 0.122. The molecule has 0 unspecified atom stereocenters. The maximum absolute atomic E-state index is 12.6. The van der Waals surface area contributed by atoms with Gasteiger partial charge in [0.1, 0.15) is 12.3 Å². The van der Waals surface area contributed by atoms with Crippen LogP contribution >= 0.6 is 0 Å². The standard InChI is InChI=1S/C21H23N3O4/c1-2-8-16(15-9-4-3-5-10-15)21(27)23-22-19(25)13-24-17-11-6-7-12-18(17)28-14-20(24)26/h3-7,9-12,16H,2,8,13-14H2,1H3,(H,22,25)(H,23,27)/t16-/m1/s1. The fourth-order valence-electron chi connectivity index (χ4n) is 3.15. The van der Waals surface area contributed by atoms with Crippen LogP contribution in [-0.2, 0) is 14.4 Å². The first-order valence-electron chi connectivity index (χ1n) is 9.26. The summed E-state index contributed by atoms with van der Waals surface area (Å²) in [5, 5.41) is 0. The van der Waals surface area contributed by atoms with Gasteiger partial charge in [-0.25, -0.2) is 0 Å². The van der Waals surface area contributed by atoms with Gasteiger partial charge in [-0.1, -0.05) is 55.8 Å². The fourth-order valence-corrected chi connectivity index (χ4v) is 3.15. The Morgan fingerprint density at radius 3 is 2.54 bits per heavy atom. The van der Waals surface area contributed by atoms with Crippen LogP contribution in [0.15, 0.2) is 54.6 Å². The average molecular weight is 381 g/mol. The summed E-state index contributed by atoms with van der Waals surface area (Å²) >= 11 is 0. The Balaban J connectivity index is 1.61. The summed E-state index contributed by atoms with van der Waals surface area (Å²) in [6, 6.07) is 16.5. The summed E-state index contributed by atoms with van der Waals surface area (Å²) < 4.78 is 5.36. The van der Waals surface area contributed by atoms with E-state index in [1.165, 1.54) is 4.90 Å². The Labute approximate surface area is 163 Å². The van der Waals surface area contributed by atoms with E-state index in [9.17, 15) is 14.4 Å². The highest BCUT2D eigenvalue weighted by Crippen LogP contribution is 2.31. The molecule has 0 radical (unpaired) electrons. The van der Waals surface area contributed by atoms with Crippen molar-refractivity contribution < 1.29 is 19.1 Å². The number of para-hydroxylation sites is 2. The van der Waals surface area contributed by atoms with Crippen molar-refractivity contribution in [2.45, 2.75) is 25.7 Å². The summed E-state index contributed by atoms with van der Waals surface area (Å²) in [7, 11) is 0. The number of carbonyl (C=O) groups excluding carboxylic acids is 3. The number of fused-ring (bicyclic) bond motifs is 1. The van der Waals surface area contributed by atoms with Crippen molar-refractivity contribution in [3.63, 3.8) is 0 Å². The zero-order valence-electron chi connectivity index (χ0n) is 15.7. The van der Waals surface area contributed by atoms with Gasteiger partial charge >= 0.3 is 0 Å². The second kappa shape index (κ2) is 9.03. The smallest absolute Gasteiger partial charge is 0.265 e. The van der Waals surface area contributed by atoms with Gasteiger partial charge in [0.25, 0.3) is 11.8 Å². The van der Waals surface area contributed by atoms with Gasteiger partial charge in [0.15, 0.2) is 6.61 Å². The third-order valence-corrected chi connectivity index (χ3v) is 4.53. The molecule has 28 heavy (non-hydrogen) atoms. The van der Waals surface area contributed by atoms with Crippen molar-refractivity contribution in [1.82, 2.24) is 10.9 Å². The van der Waals surface area contributed by atoms with Crippen molar-refractivity contribution in [2.24, 2.45) is 0 Å². The van der Waals surface area contributed by atoms with E-state index < -0.39 is 5.91 Å². The van der Waals surface area contributed by atoms with Crippen molar-refractivity contribution in [1.29, 1.82) is 0 Å². The van der Waals surface area contributed by atoms with E-state index >= 15 is 0 Å². The summed E-state index contributed by atoms with van der Waals surface area (Å²) in [6.45, 7) is 1.68. The summed E-state index contributed by atoms with van der Waals surface area (Å²) in [6.07, 6.45) is 1.50. The van der Waals surface area contributed by atoms with Gasteiger partial charge < -0.3 is 4.74 Å². The molecule has 2 aromatic rings. The highest BCUT2D eigenvalue weighted by molar-refractivity contribution is 6.02. The fraction of sp³-hybridized carbons (Fsp3) is 0.286. The van der Waals surface area contributed by atoms with E-state index in [1.807, 2.05) is 37.3 Å². The van der Waals surface area contributed by atoms with Crippen LogP contribution in [-0.4, -0.2) is 30.9 Å². The molecule has 1 aliphatic rings. The maximum Gasteiger partial charge on any atom is 0.265 e. The maximum atomic E-state index is 12.6. The lowest BCUT2D eigenvalue weighted by Gasteiger charge is -2.28. The number of ether oxygens (including phenoxy) is 1. The molecule has 0 saturated heterocycles. The van der Waals surface area contributed by atoms with E-state index in [4.69, 9.17) is 4.74 Å². The van der Waals surface area contributed by atoms with Gasteiger partial charge in [-0.2, -0.15) is 0 Å². The van der Waals surface area contributed by atoms with Crippen LogP contribution in [0.5, 0.6) is 5.75 Å². The van der Waals surface area contributed by atoms with Crippen LogP contribution in [0.2, 0.25) is 0 Å². The summed E-state index contributed by atoms with van der Waals surface area (Å²) in [4.78, 5) is 38.4. The Kier molecular flexibility index (Phi) is 6.26. The molecule has 0 fully saturated rings. The number of hydrogen-bond donors (Lipinski definition) is 2. The van der Waals surface area contributed by atoms with Crippen LogP contribution in [0.1, 0.15) is 31.2 Å². The Morgan fingerprint density at radius 1 is 1.07 bits per heavy atom. The van der Waals surface area contributed by atoms with E-state index in [0.717, 1.165) is 12.0 Å². The zero-order valence-corrected chi connectivity index (χ0v) is 15.7. The van der Waals surface area contributed by atoms with Crippen molar-refractivity contribution in [2.75, 3.05) is 18.1 Å². The van der Waals surface area contributed by atoms with E-state index in [-0.39, 0.29) is 30.9 Å². The summed E-state index contributed by atoms with van der Waals surface area (Å²) in [5.74, 6) is -0.881. The minimum Gasteiger partial charge on any atom is -0.482 e. The van der Waals surface area contributed by atoms with Gasteiger partial charge in [0, 0.05) is 0 Å². The molecule has 1 atom stereocenters. The van der Waals surface area contributed by atoms with E-state index in [0.29, 0.717) is 17.9 Å². The predicted molar refractivity (Wildman–Crippen MR) is 105 cm³/mol. The molecule has 0 saturated carbocycles. The molecule has 0 aliphatic carbocycles. The number of nitrogens with one attached hydrogen (secondary N) is 2. The third kappa shape index (κ3) is 4.49. The third-order valence-electron chi connectivity index (χ3n) is 4.53. The lowest BCUT2D eigenvalue weighted by atomic mass is 9.94. The van der Waals surface area contributed by atoms with Crippen LogP contribution in [0.4, 0.5) is 5.69 Å². The first-order valence-corrected chi connectivity index (χ1v) is 9.26. The lowest BCUT2D eigenvalue weighted by Crippen LogP contribution is -2.50. The van der Waals surface area contributed by atoms with Crippen LogP contribution in [0.3, 0.4) is 0 Å². The Bertz CT molecular complexity index is 854. The normalized spacial score (nSPS) is 13.9. The first-order chi connectivity index (χ1) is 13.6. The number of carbonyl (C=O) groups is 3. The second-order valence-corrected chi connectivity index (χ2v) is 6.53. The van der Waals surface area contributed by atoms with Gasteiger partial charge in [-0.15, -0.1) is 0 Å². The molecule has 146 valence electrons. The number of hydrogen-bond acceptors (Lipinski definition) is 4. The molecule has 0 spiro atoms. The second-order valence-electron chi connectivity index (χ2n) is 6.53. The molecule has 1 heterocycles. The quantitative estimate of drug-likeness (QED) is 0.751. The molecule has 0 bridgehead atoms. The van der Waals surface area contributed by atoms with Crippen molar-refractivity contribution in [3.05, 3.63) is 60.2 Å². The van der Waals surface area contributed by atoms with Crippen molar-refractivity contribution >= 4 is 23.4 Å². The van der Waals surface area contributed by atoms with Crippen LogP contribution < -0.4 is 20.5 Å². The highest BCUT2D eigenvalue weighted by Gasteiger charge is 2.27. The minimum atomic E-state index is -0.485. The molecule has 2 aromatic carbocycles. The average Bonchev–Trinajstić information content (AvgIpc) is 2.73. The summed E-state index contributed by atoms with van der Waals surface area (Å²) in [5.41, 5.74) is 6.34. The SMILES string of the molecule is CCC[C@@H](C(=O)NNC(=O)CN1C(=O)COc2ccccc21)c1ccccc1. The van der Waals surface area contributed by atoms with E-state index in [2.05, 4.69) is 10.9 Å². The molecule has 3 amide bonds. The zero-order chi connectivity index (χ0) is 19.9. The number of benzene rings is 2. The predicted octanol–water partition coefficient (Wildman–Crippen LogP) is 2.14. The molecular formula is C21H23N3O4. The number of rotatable bonds is 6. The van der Waals surface area contributed by atoms with E-state index in [1.54, 1.807) is 24.3 Å². The number of anilines is 1. The molecule has 3 rings (SSSR count). The molecule has 7 heteroatoms. The largest absolute Gasteiger partial charge is 0.482 e. The number of hydrazine groups is 1. The molecule has 1 aliphatic heterocycles. The first kappa shape index (κ1) is 19.4. The molecule has 0 aromatic heterocycles. The van der Waals surface area contributed by atoms with Gasteiger partial charge in [-0.05, 0) is 24.1 Å². The van der Waals surface area contributed by atoms with Crippen LogP contribution in [0, 0.1) is 0 Å². The van der Waals surface area contributed by atoms with Crippen molar-refractivity contribution in [3.8, 4) is 5.75 Å². The number of amides is 3. The van der Waals surface area contributed by atoms with Gasteiger partial charge in [0.2, 0.25) is 5.91 Å². The van der Waals surface area contributed by atoms with Gasteiger partial charge in [-0.3, -0.25) is 30.1 Å². The lowest BCUT2D eigenvalue weighted by molar-refractivity contribution is -0.130. The highest BCUT2D eigenvalue weighted by atomic mass is 16.5. The van der Waals surface area contributed by atoms with Gasteiger partial charge in [0.05, 0.1) is 11.6 Å². The molecular weight excluding hydrogens is 358 g/mol.